The van der Waals surface area contributed by atoms with Crippen molar-refractivity contribution in [1.29, 1.82) is 0 Å². The lowest BCUT2D eigenvalue weighted by molar-refractivity contribution is -0.141. The number of thiophene rings is 1. The Morgan fingerprint density at radius 1 is 1.32 bits per heavy atom. The van der Waals surface area contributed by atoms with Crippen molar-refractivity contribution in [3.63, 3.8) is 0 Å². The molecule has 1 saturated carbocycles. The van der Waals surface area contributed by atoms with Gasteiger partial charge in [0.25, 0.3) is 0 Å². The molecule has 0 spiro atoms. The monoisotopic (exact) mass is 358 g/mol. The Hall–Kier alpha value is -2.15. The molecule has 0 saturated heterocycles. The van der Waals surface area contributed by atoms with Crippen LogP contribution in [0.3, 0.4) is 0 Å². The van der Waals surface area contributed by atoms with Crippen LogP contribution in [0.15, 0.2) is 29.8 Å². The quantitative estimate of drug-likeness (QED) is 0.889. The molecule has 2 amide bonds. The highest BCUT2D eigenvalue weighted by molar-refractivity contribution is 7.09. The molecule has 4 rings (SSSR count). The van der Waals surface area contributed by atoms with E-state index in [1.54, 1.807) is 22.2 Å². The van der Waals surface area contributed by atoms with E-state index in [2.05, 4.69) is 16.5 Å². The van der Waals surface area contributed by atoms with Gasteiger partial charge in [-0.3, -0.25) is 14.3 Å². The molecular formula is C18H22N4O2S. The number of aromatic nitrogens is 2. The predicted octanol–water partition coefficient (Wildman–Crippen LogP) is 1.99. The maximum atomic E-state index is 12.7. The molecule has 0 unspecified atom stereocenters. The van der Waals surface area contributed by atoms with Crippen LogP contribution in [0.1, 0.15) is 35.9 Å². The zero-order valence-corrected chi connectivity index (χ0v) is 14.9. The summed E-state index contributed by atoms with van der Waals surface area (Å²) in [5, 5.41) is 9.36. The van der Waals surface area contributed by atoms with Gasteiger partial charge >= 0.3 is 0 Å². The van der Waals surface area contributed by atoms with Crippen LogP contribution in [0, 0.1) is 5.92 Å². The van der Waals surface area contributed by atoms with Crippen molar-refractivity contribution in [2.24, 2.45) is 5.92 Å². The van der Waals surface area contributed by atoms with E-state index in [9.17, 15) is 9.59 Å². The van der Waals surface area contributed by atoms with Gasteiger partial charge in [0.15, 0.2) is 0 Å². The van der Waals surface area contributed by atoms with E-state index >= 15 is 0 Å². The summed E-state index contributed by atoms with van der Waals surface area (Å²) in [7, 11) is 0. The summed E-state index contributed by atoms with van der Waals surface area (Å²) >= 11 is 1.69. The van der Waals surface area contributed by atoms with Crippen LogP contribution in [0.2, 0.25) is 0 Å². The molecule has 25 heavy (non-hydrogen) atoms. The molecular weight excluding hydrogens is 336 g/mol. The van der Waals surface area contributed by atoms with Crippen molar-refractivity contribution in [2.75, 3.05) is 13.1 Å². The Morgan fingerprint density at radius 2 is 2.20 bits per heavy atom. The maximum Gasteiger partial charge on any atom is 0.246 e. The number of nitrogens with zero attached hydrogens (tertiary/aromatic N) is 3. The minimum Gasteiger partial charge on any atom is -0.354 e. The number of fused-ring (bicyclic) bond motifs is 1. The van der Waals surface area contributed by atoms with Crippen molar-refractivity contribution < 1.29 is 9.59 Å². The second-order valence-electron chi connectivity index (χ2n) is 6.75. The fraction of sp³-hybridized carbons (Fsp3) is 0.500. The molecule has 1 N–H and O–H groups in total. The molecule has 7 heteroatoms. The highest BCUT2D eigenvalue weighted by atomic mass is 32.1. The van der Waals surface area contributed by atoms with E-state index in [4.69, 9.17) is 0 Å². The van der Waals surface area contributed by atoms with Crippen LogP contribution < -0.4 is 5.32 Å². The van der Waals surface area contributed by atoms with Gasteiger partial charge in [-0.05, 0) is 36.8 Å². The van der Waals surface area contributed by atoms with Crippen molar-refractivity contribution in [3.05, 3.63) is 40.3 Å². The Bertz CT molecular complexity index is 751. The molecule has 3 heterocycles. The zero-order valence-electron chi connectivity index (χ0n) is 14.1. The van der Waals surface area contributed by atoms with Gasteiger partial charge in [0.2, 0.25) is 11.8 Å². The van der Waals surface area contributed by atoms with Gasteiger partial charge in [-0.25, -0.2) is 0 Å². The topological polar surface area (TPSA) is 67.2 Å². The van der Waals surface area contributed by atoms with E-state index in [0.717, 1.165) is 31.4 Å². The summed E-state index contributed by atoms with van der Waals surface area (Å²) < 4.78 is 1.77. The van der Waals surface area contributed by atoms with E-state index in [-0.39, 0.29) is 17.7 Å². The lowest BCUT2D eigenvalue weighted by Crippen LogP contribution is -2.49. The summed E-state index contributed by atoms with van der Waals surface area (Å²) in [6.45, 7) is 1.56. The van der Waals surface area contributed by atoms with Gasteiger partial charge in [0.1, 0.15) is 6.04 Å². The lowest BCUT2D eigenvalue weighted by Gasteiger charge is -2.37. The second kappa shape index (κ2) is 7.00. The van der Waals surface area contributed by atoms with Crippen molar-refractivity contribution in [1.82, 2.24) is 20.0 Å². The van der Waals surface area contributed by atoms with Gasteiger partial charge in [0.05, 0.1) is 18.8 Å². The van der Waals surface area contributed by atoms with Crippen molar-refractivity contribution in [2.45, 2.75) is 38.3 Å². The van der Waals surface area contributed by atoms with Crippen LogP contribution in [0.25, 0.3) is 0 Å². The van der Waals surface area contributed by atoms with Crippen molar-refractivity contribution in [3.8, 4) is 0 Å². The minimum atomic E-state index is -0.439. The number of nitrogens with one attached hydrogen (secondary N) is 1. The third-order valence-corrected chi connectivity index (χ3v) is 6.05. The number of carbonyl (C=O) groups excluding carboxylic acids is 2. The van der Waals surface area contributed by atoms with Gasteiger partial charge < -0.3 is 10.2 Å². The largest absolute Gasteiger partial charge is 0.354 e. The molecule has 2 aromatic heterocycles. The molecule has 132 valence electrons. The van der Waals surface area contributed by atoms with Crippen LogP contribution >= 0.6 is 11.3 Å². The predicted molar refractivity (Wildman–Crippen MR) is 95.1 cm³/mol. The number of carbonyl (C=O) groups is 2. The molecule has 1 atom stereocenters. The first-order valence-electron chi connectivity index (χ1n) is 8.83. The highest BCUT2D eigenvalue weighted by Crippen LogP contribution is 2.31. The fourth-order valence-corrected chi connectivity index (χ4v) is 4.16. The highest BCUT2D eigenvalue weighted by Gasteiger charge is 2.36. The molecule has 1 fully saturated rings. The smallest absolute Gasteiger partial charge is 0.246 e. The summed E-state index contributed by atoms with van der Waals surface area (Å²) in [6, 6.07) is 5.54. The van der Waals surface area contributed by atoms with E-state index in [1.165, 1.54) is 4.88 Å². The van der Waals surface area contributed by atoms with Crippen LogP contribution in [0.4, 0.5) is 0 Å². The minimum absolute atomic E-state index is 0.0624. The zero-order chi connectivity index (χ0) is 17.2. The fourth-order valence-electron chi connectivity index (χ4n) is 3.45. The normalized spacial score (nSPS) is 20.0. The standard InChI is InChI=1S/C18H22N4O2S/c23-17(19-8-7-15-5-2-10-25-15)16-12-21(18(24)13-3-1-4-13)11-14-6-9-20-22(14)16/h2,5-6,9-10,13,16H,1,3-4,7-8,11-12H2,(H,19,23)/t16-/m0/s1. The number of hydrogen-bond acceptors (Lipinski definition) is 4. The van der Waals surface area contributed by atoms with Gasteiger partial charge in [-0.2, -0.15) is 5.10 Å². The number of hydrogen-bond donors (Lipinski definition) is 1. The Morgan fingerprint density at radius 3 is 2.92 bits per heavy atom. The van der Waals surface area contributed by atoms with E-state index in [1.807, 2.05) is 22.4 Å². The van der Waals surface area contributed by atoms with E-state index < -0.39 is 6.04 Å². The average molecular weight is 358 g/mol. The summed E-state index contributed by atoms with van der Waals surface area (Å²) in [5.41, 5.74) is 0.928. The summed E-state index contributed by atoms with van der Waals surface area (Å²) in [6.07, 6.45) is 5.62. The molecule has 6 nitrogen and oxygen atoms in total. The Balaban J connectivity index is 1.42. The molecule has 0 radical (unpaired) electrons. The molecule has 1 aliphatic heterocycles. The van der Waals surface area contributed by atoms with Gasteiger partial charge in [0, 0.05) is 23.5 Å². The Labute approximate surface area is 150 Å². The first kappa shape index (κ1) is 16.3. The van der Waals surface area contributed by atoms with Crippen LogP contribution in [0.5, 0.6) is 0 Å². The molecule has 1 aliphatic carbocycles. The summed E-state index contributed by atoms with van der Waals surface area (Å²) in [4.78, 5) is 28.4. The van der Waals surface area contributed by atoms with E-state index in [0.29, 0.717) is 19.6 Å². The first-order valence-corrected chi connectivity index (χ1v) is 9.71. The average Bonchev–Trinajstić information content (AvgIpc) is 3.23. The molecule has 2 aliphatic rings. The first-order chi connectivity index (χ1) is 12.2. The molecule has 0 bridgehead atoms. The third kappa shape index (κ3) is 3.33. The lowest BCUT2D eigenvalue weighted by atomic mass is 9.84. The summed E-state index contributed by atoms with van der Waals surface area (Å²) in [5.74, 6) is 0.278. The van der Waals surface area contributed by atoms with Crippen LogP contribution in [-0.2, 0) is 22.6 Å². The molecule has 0 aromatic carbocycles. The van der Waals surface area contributed by atoms with Gasteiger partial charge in [-0.15, -0.1) is 11.3 Å². The second-order valence-corrected chi connectivity index (χ2v) is 7.78. The molecule has 2 aromatic rings. The van der Waals surface area contributed by atoms with Gasteiger partial charge in [-0.1, -0.05) is 12.5 Å². The van der Waals surface area contributed by atoms with Crippen LogP contribution in [-0.4, -0.2) is 39.6 Å². The number of amides is 2. The number of rotatable bonds is 5. The Kier molecular flexibility index (Phi) is 4.57. The third-order valence-electron chi connectivity index (χ3n) is 5.11. The van der Waals surface area contributed by atoms with Crippen molar-refractivity contribution >= 4 is 23.2 Å². The maximum absolute atomic E-state index is 12.7. The SMILES string of the molecule is O=C(NCCc1cccs1)[C@@H]1CN(C(=O)C2CCC2)Cc2ccnn21.